The van der Waals surface area contributed by atoms with Gasteiger partial charge in [-0.25, -0.2) is 0 Å². The van der Waals surface area contributed by atoms with Crippen molar-refractivity contribution in [1.29, 1.82) is 0 Å². The molecule has 0 heterocycles. The van der Waals surface area contributed by atoms with Crippen LogP contribution < -0.4 is 0 Å². The summed E-state index contributed by atoms with van der Waals surface area (Å²) in [6, 6.07) is 0. The van der Waals surface area contributed by atoms with Crippen molar-refractivity contribution >= 4 is 0 Å². The van der Waals surface area contributed by atoms with Crippen LogP contribution in [0.5, 0.6) is 0 Å². The average molecular weight is 182 g/mol. The van der Waals surface area contributed by atoms with Gasteiger partial charge in [-0.1, -0.05) is 13.0 Å². The molecule has 0 aliphatic heterocycles. The Morgan fingerprint density at radius 2 is 1.83 bits per heavy atom. The first-order valence-electron chi connectivity index (χ1n) is 3.63. The summed E-state index contributed by atoms with van der Waals surface area (Å²) in [5.74, 6) is -7.71. The summed E-state index contributed by atoms with van der Waals surface area (Å²) in [7, 11) is 0. The third-order valence-corrected chi connectivity index (χ3v) is 2.42. The van der Waals surface area contributed by atoms with Gasteiger partial charge in [0.25, 0.3) is 0 Å². The van der Waals surface area contributed by atoms with E-state index in [-0.39, 0.29) is 6.42 Å². The van der Waals surface area contributed by atoms with Crippen LogP contribution >= 0.6 is 0 Å². The molecule has 1 aliphatic carbocycles. The van der Waals surface area contributed by atoms with Crippen LogP contribution in [0.4, 0.5) is 17.6 Å². The van der Waals surface area contributed by atoms with Crippen LogP contribution in [0.25, 0.3) is 0 Å². The predicted molar refractivity (Wildman–Crippen MR) is 37.4 cm³/mol. The molecule has 0 saturated heterocycles. The highest BCUT2D eigenvalue weighted by atomic mass is 19.3. The van der Waals surface area contributed by atoms with Gasteiger partial charge >= 0.3 is 11.8 Å². The number of hydrogen-bond acceptors (Lipinski definition) is 0. The first kappa shape index (κ1) is 9.55. The van der Waals surface area contributed by atoms with E-state index in [1.54, 1.807) is 0 Å². The number of halogens is 4. The fourth-order valence-corrected chi connectivity index (χ4v) is 1.57. The Hall–Kier alpha value is -0.540. The van der Waals surface area contributed by atoms with E-state index in [0.717, 1.165) is 6.92 Å². The van der Waals surface area contributed by atoms with E-state index in [9.17, 15) is 17.6 Å². The van der Waals surface area contributed by atoms with Crippen molar-refractivity contribution in [3.63, 3.8) is 0 Å². The maximum atomic E-state index is 12.8. The quantitative estimate of drug-likeness (QED) is 0.454. The molecule has 12 heavy (non-hydrogen) atoms. The monoisotopic (exact) mass is 182 g/mol. The molecule has 0 bridgehead atoms. The first-order valence-corrected chi connectivity index (χ1v) is 3.63. The van der Waals surface area contributed by atoms with Gasteiger partial charge in [-0.05, 0) is 6.42 Å². The van der Waals surface area contributed by atoms with Crippen LogP contribution in [0, 0.1) is 5.41 Å². The van der Waals surface area contributed by atoms with E-state index in [1.807, 2.05) is 0 Å². The van der Waals surface area contributed by atoms with Crippen LogP contribution in [0.15, 0.2) is 12.7 Å². The Balaban J connectivity index is 2.82. The van der Waals surface area contributed by atoms with Crippen molar-refractivity contribution in [2.75, 3.05) is 0 Å². The molecular formula is C8H10F4. The van der Waals surface area contributed by atoms with Crippen LogP contribution in [0.3, 0.4) is 0 Å². The van der Waals surface area contributed by atoms with Gasteiger partial charge in [0.15, 0.2) is 0 Å². The zero-order valence-electron chi connectivity index (χ0n) is 6.71. The Kier molecular flexibility index (Phi) is 1.78. The molecule has 0 aromatic rings. The minimum absolute atomic E-state index is 0.0738. The minimum Gasteiger partial charge on any atom is -0.200 e. The largest absolute Gasteiger partial charge is 0.315 e. The highest BCUT2D eigenvalue weighted by Gasteiger charge is 2.77. The van der Waals surface area contributed by atoms with Crippen LogP contribution in [0.1, 0.15) is 19.8 Å². The SMILES string of the molecule is C=CCC1(C)CC(F)(F)C1(F)F. The molecule has 0 amide bonds. The van der Waals surface area contributed by atoms with E-state index < -0.39 is 23.7 Å². The summed E-state index contributed by atoms with van der Waals surface area (Å²) in [6.07, 6.45) is 0.428. The molecule has 1 rings (SSSR count). The zero-order chi connectivity index (χ0) is 9.62. The van der Waals surface area contributed by atoms with E-state index in [0.29, 0.717) is 0 Å². The fraction of sp³-hybridized carbons (Fsp3) is 0.750. The number of allylic oxidation sites excluding steroid dienone is 1. The number of alkyl halides is 4. The molecule has 1 atom stereocenters. The maximum absolute atomic E-state index is 12.8. The van der Waals surface area contributed by atoms with E-state index >= 15 is 0 Å². The molecule has 1 aliphatic rings. The maximum Gasteiger partial charge on any atom is 0.315 e. The van der Waals surface area contributed by atoms with Gasteiger partial charge in [0.1, 0.15) is 0 Å². The Morgan fingerprint density at radius 3 is 2.08 bits per heavy atom. The molecule has 1 unspecified atom stereocenters. The molecule has 0 aromatic heterocycles. The second-order valence-electron chi connectivity index (χ2n) is 3.51. The molecular weight excluding hydrogens is 172 g/mol. The van der Waals surface area contributed by atoms with Crippen molar-refractivity contribution in [3.05, 3.63) is 12.7 Å². The Morgan fingerprint density at radius 1 is 1.33 bits per heavy atom. The average Bonchev–Trinajstić information content (AvgIpc) is 1.86. The Bertz CT molecular complexity index is 209. The zero-order valence-corrected chi connectivity index (χ0v) is 6.71. The van der Waals surface area contributed by atoms with E-state index in [1.165, 1.54) is 6.08 Å². The summed E-state index contributed by atoms with van der Waals surface area (Å²) >= 11 is 0. The molecule has 0 aromatic carbocycles. The van der Waals surface area contributed by atoms with Gasteiger partial charge < -0.3 is 0 Å². The minimum atomic E-state index is -3.88. The molecule has 1 fully saturated rings. The van der Waals surface area contributed by atoms with Crippen molar-refractivity contribution < 1.29 is 17.6 Å². The van der Waals surface area contributed by atoms with Gasteiger partial charge in [0, 0.05) is 11.8 Å². The third-order valence-electron chi connectivity index (χ3n) is 2.42. The molecule has 70 valence electrons. The molecule has 4 heteroatoms. The van der Waals surface area contributed by atoms with E-state index in [2.05, 4.69) is 6.58 Å². The lowest BCUT2D eigenvalue weighted by molar-refractivity contribution is -0.351. The van der Waals surface area contributed by atoms with E-state index in [4.69, 9.17) is 0 Å². The normalized spacial score (nSPS) is 37.1. The molecule has 0 nitrogen and oxygen atoms in total. The lowest BCUT2D eigenvalue weighted by Crippen LogP contribution is -2.65. The lowest BCUT2D eigenvalue weighted by Gasteiger charge is -2.51. The molecule has 0 radical (unpaired) electrons. The van der Waals surface area contributed by atoms with Gasteiger partial charge in [0.2, 0.25) is 0 Å². The predicted octanol–water partition coefficient (Wildman–Crippen LogP) is 3.24. The van der Waals surface area contributed by atoms with Crippen LogP contribution in [-0.4, -0.2) is 11.8 Å². The summed E-state index contributed by atoms with van der Waals surface area (Å²) in [4.78, 5) is 0. The second-order valence-corrected chi connectivity index (χ2v) is 3.51. The topological polar surface area (TPSA) is 0 Å². The summed E-state index contributed by atoms with van der Waals surface area (Å²) < 4.78 is 50.2. The summed E-state index contributed by atoms with van der Waals surface area (Å²) in [5.41, 5.74) is -1.60. The standard InChI is InChI=1S/C8H10F4/c1-3-4-6(2)5-7(9,10)8(6,11)12/h3H,1,4-5H2,2H3. The lowest BCUT2D eigenvalue weighted by atomic mass is 9.62. The van der Waals surface area contributed by atoms with Gasteiger partial charge in [0.05, 0.1) is 0 Å². The van der Waals surface area contributed by atoms with Crippen molar-refractivity contribution in [2.45, 2.75) is 31.6 Å². The highest BCUT2D eigenvalue weighted by molar-refractivity contribution is 5.12. The Labute approximate surface area is 68.3 Å². The van der Waals surface area contributed by atoms with Crippen molar-refractivity contribution in [3.8, 4) is 0 Å². The smallest absolute Gasteiger partial charge is 0.200 e. The second kappa shape index (κ2) is 2.24. The van der Waals surface area contributed by atoms with Gasteiger partial charge in [-0.15, -0.1) is 6.58 Å². The highest BCUT2D eigenvalue weighted by Crippen LogP contribution is 2.64. The molecule has 0 spiro atoms. The molecule has 0 N–H and O–H groups in total. The number of rotatable bonds is 2. The third kappa shape index (κ3) is 0.898. The van der Waals surface area contributed by atoms with Gasteiger partial charge in [-0.3, -0.25) is 0 Å². The van der Waals surface area contributed by atoms with Crippen molar-refractivity contribution in [2.24, 2.45) is 5.41 Å². The van der Waals surface area contributed by atoms with Crippen molar-refractivity contribution in [1.82, 2.24) is 0 Å². The van der Waals surface area contributed by atoms with Gasteiger partial charge in [-0.2, -0.15) is 17.6 Å². The van der Waals surface area contributed by atoms with Crippen LogP contribution in [0.2, 0.25) is 0 Å². The molecule has 1 saturated carbocycles. The first-order chi connectivity index (χ1) is 5.27. The number of hydrogen-bond donors (Lipinski definition) is 0. The summed E-state index contributed by atoms with van der Waals surface area (Å²) in [6.45, 7) is 4.42. The summed E-state index contributed by atoms with van der Waals surface area (Å²) in [5, 5.41) is 0. The fourth-order valence-electron chi connectivity index (χ4n) is 1.57. The van der Waals surface area contributed by atoms with Crippen LogP contribution in [-0.2, 0) is 0 Å².